The molecule has 282 valence electrons. The average Bonchev–Trinajstić information content (AvgIpc) is 3.54. The molecule has 0 fully saturated rings. The molecule has 0 atom stereocenters. The molecule has 0 amide bonds. The van der Waals surface area contributed by atoms with Crippen LogP contribution in [0, 0.1) is 0 Å². The Kier molecular flexibility index (Phi) is 7.65. The smallest absolute Gasteiger partial charge is 0.0540 e. The summed E-state index contributed by atoms with van der Waals surface area (Å²) in [7, 11) is 0. The third kappa shape index (κ3) is 5.12. The summed E-state index contributed by atoms with van der Waals surface area (Å²) in [6.07, 6.45) is 0. The maximum Gasteiger partial charge on any atom is 0.0540 e. The summed E-state index contributed by atoms with van der Waals surface area (Å²) in [5, 5.41) is 12.4. The van der Waals surface area contributed by atoms with Crippen molar-refractivity contribution >= 4 is 70.9 Å². The lowest BCUT2D eigenvalue weighted by Gasteiger charge is -2.28. The Balaban J connectivity index is 1.05. The highest BCUT2D eigenvalue weighted by Crippen LogP contribution is 2.54. The first kappa shape index (κ1) is 34.6. The van der Waals surface area contributed by atoms with Crippen LogP contribution in [-0.2, 0) is 5.41 Å². The van der Waals surface area contributed by atoms with Gasteiger partial charge in [0.1, 0.15) is 0 Å². The van der Waals surface area contributed by atoms with E-state index in [1.54, 1.807) is 0 Å². The highest BCUT2D eigenvalue weighted by Gasteiger charge is 2.38. The first-order chi connectivity index (χ1) is 29.5. The highest BCUT2D eigenvalue weighted by molar-refractivity contribution is 6.22. The standard InChI is InChI=1S/C59H41N/c1-59(2)53-29-12-11-22-46(53)51-27-15-28-52(58(51)59)57-49-25-9-7-23-47(49)56(48-24-8-10-26-50(48)57)42-33-32-41-37-43(35-34-40(41)36-42)60(54-30-13-18-38-16-3-5-20-44(38)54)55-31-14-19-39-17-4-6-21-45(39)55/h3-37H,1-2H3. The van der Waals surface area contributed by atoms with Gasteiger partial charge in [-0.25, -0.2) is 0 Å². The van der Waals surface area contributed by atoms with E-state index in [0.717, 1.165) is 17.1 Å². The quantitative estimate of drug-likeness (QED) is 0.158. The van der Waals surface area contributed by atoms with E-state index < -0.39 is 0 Å². The molecule has 0 spiro atoms. The summed E-state index contributed by atoms with van der Waals surface area (Å²) in [6.45, 7) is 4.79. The zero-order chi connectivity index (χ0) is 40.0. The van der Waals surface area contributed by atoms with E-state index in [9.17, 15) is 0 Å². The summed E-state index contributed by atoms with van der Waals surface area (Å²) in [5.74, 6) is 0. The van der Waals surface area contributed by atoms with Crippen molar-refractivity contribution in [1.29, 1.82) is 0 Å². The number of hydrogen-bond donors (Lipinski definition) is 0. The maximum absolute atomic E-state index is 2.44. The molecule has 12 rings (SSSR count). The Morgan fingerprint density at radius 3 is 1.45 bits per heavy atom. The molecule has 1 aliphatic rings. The van der Waals surface area contributed by atoms with E-state index in [4.69, 9.17) is 0 Å². The Morgan fingerprint density at radius 1 is 0.333 bits per heavy atom. The fourth-order valence-corrected chi connectivity index (χ4v) is 10.5. The lowest BCUT2D eigenvalue weighted by Crippen LogP contribution is -2.16. The lowest BCUT2D eigenvalue weighted by atomic mass is 9.77. The minimum absolute atomic E-state index is 0.128. The monoisotopic (exact) mass is 763 g/mol. The normalized spacial score (nSPS) is 13.0. The number of nitrogens with zero attached hydrogens (tertiary/aromatic N) is 1. The fourth-order valence-electron chi connectivity index (χ4n) is 10.5. The first-order valence-corrected chi connectivity index (χ1v) is 21.0. The molecule has 0 saturated carbocycles. The van der Waals surface area contributed by atoms with Gasteiger partial charge < -0.3 is 4.90 Å². The Bertz CT molecular complexity index is 3390. The molecule has 1 heteroatoms. The molecule has 11 aromatic carbocycles. The minimum atomic E-state index is -0.128. The van der Waals surface area contributed by atoms with Crippen LogP contribution in [0.15, 0.2) is 212 Å². The highest BCUT2D eigenvalue weighted by atomic mass is 15.1. The van der Waals surface area contributed by atoms with E-state index in [2.05, 4.69) is 231 Å². The summed E-state index contributed by atoms with van der Waals surface area (Å²) in [4.78, 5) is 2.44. The van der Waals surface area contributed by atoms with Gasteiger partial charge in [-0.15, -0.1) is 0 Å². The Labute approximate surface area is 350 Å². The van der Waals surface area contributed by atoms with Crippen molar-refractivity contribution in [2.45, 2.75) is 19.3 Å². The largest absolute Gasteiger partial charge is 0.309 e. The van der Waals surface area contributed by atoms with Gasteiger partial charge in [0.15, 0.2) is 0 Å². The van der Waals surface area contributed by atoms with Crippen molar-refractivity contribution in [3.8, 4) is 33.4 Å². The van der Waals surface area contributed by atoms with Crippen LogP contribution >= 0.6 is 0 Å². The van der Waals surface area contributed by atoms with Gasteiger partial charge in [0.2, 0.25) is 0 Å². The summed E-state index contributed by atoms with van der Waals surface area (Å²) in [6, 6.07) is 78.7. The third-order valence-corrected chi connectivity index (χ3v) is 13.2. The van der Waals surface area contributed by atoms with Crippen LogP contribution in [0.5, 0.6) is 0 Å². The van der Waals surface area contributed by atoms with Crippen LogP contribution in [0.25, 0.3) is 87.2 Å². The second kappa shape index (κ2) is 13.3. The molecule has 1 aliphatic carbocycles. The average molecular weight is 764 g/mol. The zero-order valence-electron chi connectivity index (χ0n) is 33.7. The molecule has 11 aromatic rings. The molecular formula is C59H41N. The fraction of sp³-hybridized carbons (Fsp3) is 0.0508. The molecule has 60 heavy (non-hydrogen) atoms. The van der Waals surface area contributed by atoms with Crippen molar-refractivity contribution in [2.24, 2.45) is 0 Å². The first-order valence-electron chi connectivity index (χ1n) is 21.0. The van der Waals surface area contributed by atoms with Gasteiger partial charge in [-0.2, -0.15) is 0 Å². The van der Waals surface area contributed by atoms with Gasteiger partial charge in [0.25, 0.3) is 0 Å². The van der Waals surface area contributed by atoms with E-state index in [-0.39, 0.29) is 5.41 Å². The van der Waals surface area contributed by atoms with E-state index >= 15 is 0 Å². The van der Waals surface area contributed by atoms with Gasteiger partial charge in [-0.1, -0.05) is 196 Å². The van der Waals surface area contributed by atoms with Gasteiger partial charge in [-0.3, -0.25) is 0 Å². The molecule has 0 aromatic heterocycles. The Morgan fingerprint density at radius 2 is 0.800 bits per heavy atom. The SMILES string of the molecule is CC1(C)c2ccccc2-c2cccc(-c3c4ccccc4c(-c4ccc5cc(N(c6cccc7ccccc67)c6cccc7ccccc67)ccc5c4)c4ccccc34)c21. The van der Waals surface area contributed by atoms with Crippen LogP contribution in [0.4, 0.5) is 17.1 Å². The molecule has 0 saturated heterocycles. The molecule has 0 heterocycles. The minimum Gasteiger partial charge on any atom is -0.309 e. The van der Waals surface area contributed by atoms with Gasteiger partial charge >= 0.3 is 0 Å². The van der Waals surface area contributed by atoms with E-state index in [0.29, 0.717) is 0 Å². The van der Waals surface area contributed by atoms with Crippen LogP contribution in [0.3, 0.4) is 0 Å². The van der Waals surface area contributed by atoms with Crippen molar-refractivity contribution in [2.75, 3.05) is 4.90 Å². The molecular weight excluding hydrogens is 723 g/mol. The second-order valence-corrected chi connectivity index (χ2v) is 16.8. The van der Waals surface area contributed by atoms with Crippen molar-refractivity contribution in [1.82, 2.24) is 0 Å². The van der Waals surface area contributed by atoms with Gasteiger partial charge in [0, 0.05) is 21.9 Å². The van der Waals surface area contributed by atoms with E-state index in [1.807, 2.05) is 0 Å². The molecule has 0 aliphatic heterocycles. The van der Waals surface area contributed by atoms with Crippen molar-refractivity contribution < 1.29 is 0 Å². The number of fused-ring (bicyclic) bond motifs is 8. The predicted molar refractivity (Wildman–Crippen MR) is 257 cm³/mol. The zero-order valence-corrected chi connectivity index (χ0v) is 33.7. The van der Waals surface area contributed by atoms with Gasteiger partial charge in [0.05, 0.1) is 11.4 Å². The van der Waals surface area contributed by atoms with Crippen molar-refractivity contribution in [3.05, 3.63) is 223 Å². The maximum atomic E-state index is 2.44. The van der Waals surface area contributed by atoms with Crippen molar-refractivity contribution in [3.63, 3.8) is 0 Å². The van der Waals surface area contributed by atoms with Crippen LogP contribution in [-0.4, -0.2) is 0 Å². The predicted octanol–water partition coefficient (Wildman–Crippen LogP) is 16.6. The Hall–Kier alpha value is -7.48. The number of hydrogen-bond acceptors (Lipinski definition) is 1. The molecule has 0 N–H and O–H groups in total. The summed E-state index contributed by atoms with van der Waals surface area (Å²) >= 11 is 0. The third-order valence-electron chi connectivity index (χ3n) is 13.2. The number of rotatable bonds is 5. The van der Waals surface area contributed by atoms with Crippen LogP contribution < -0.4 is 4.90 Å². The second-order valence-electron chi connectivity index (χ2n) is 16.8. The topological polar surface area (TPSA) is 3.24 Å². The van der Waals surface area contributed by atoms with Crippen LogP contribution in [0.1, 0.15) is 25.0 Å². The summed E-state index contributed by atoms with van der Waals surface area (Å²) < 4.78 is 0. The number of benzene rings is 11. The summed E-state index contributed by atoms with van der Waals surface area (Å²) in [5.41, 5.74) is 14.0. The van der Waals surface area contributed by atoms with Crippen LogP contribution in [0.2, 0.25) is 0 Å². The lowest BCUT2D eigenvalue weighted by molar-refractivity contribution is 0.662. The molecule has 0 radical (unpaired) electrons. The van der Waals surface area contributed by atoms with E-state index in [1.165, 1.54) is 98.4 Å². The molecule has 1 nitrogen and oxygen atoms in total. The molecule has 0 bridgehead atoms. The van der Waals surface area contributed by atoms with Gasteiger partial charge in [-0.05, 0) is 118 Å². The number of anilines is 3. The molecule has 0 unspecified atom stereocenters.